The largest absolute Gasteiger partial charge is 0.504 e. The molecule has 0 radical (unpaired) electrons. The molecule has 1 aliphatic heterocycles. The highest BCUT2D eigenvalue weighted by atomic mass is 35.5. The smallest absolute Gasteiger partial charge is 0.319 e. The highest BCUT2D eigenvalue weighted by Crippen LogP contribution is 2.39. The standard InChI is InChI=1S/C16H18Cl2N2O5S/c17-10-2-1-3-12(10)19-16(22)20-13-5-4-11(18)15(14(13)21)26(23,24)9-6-7-25-8-9/h2,4-5,9,12,21H,1,3,6-8H2,(H2,19,20,22)/t9-,12-/m0/s1. The third-order valence-electron chi connectivity index (χ3n) is 4.38. The molecule has 1 heterocycles. The molecule has 2 atom stereocenters. The summed E-state index contributed by atoms with van der Waals surface area (Å²) in [7, 11) is -3.90. The molecule has 1 aliphatic carbocycles. The molecule has 1 saturated heterocycles. The number of allylic oxidation sites excluding steroid dienone is 1. The number of hydrogen-bond donors (Lipinski definition) is 3. The lowest BCUT2D eigenvalue weighted by Crippen LogP contribution is -2.37. The molecule has 10 heteroatoms. The summed E-state index contributed by atoms with van der Waals surface area (Å²) in [4.78, 5) is 11.7. The minimum Gasteiger partial charge on any atom is -0.504 e. The summed E-state index contributed by atoms with van der Waals surface area (Å²) in [5, 5.41) is 15.2. The van der Waals surface area contributed by atoms with E-state index in [1.54, 1.807) is 0 Å². The Hall–Kier alpha value is -1.48. The van der Waals surface area contributed by atoms with Crippen molar-refractivity contribution in [1.82, 2.24) is 5.32 Å². The Morgan fingerprint density at radius 1 is 1.27 bits per heavy atom. The van der Waals surface area contributed by atoms with Gasteiger partial charge in [0.15, 0.2) is 15.6 Å². The number of nitrogens with one attached hydrogen (secondary N) is 2. The molecule has 7 nitrogen and oxygen atoms in total. The average Bonchev–Trinajstić information content (AvgIpc) is 3.23. The van der Waals surface area contributed by atoms with Crippen LogP contribution >= 0.6 is 23.2 Å². The number of carbonyl (C=O) groups excluding carboxylic acids is 1. The van der Waals surface area contributed by atoms with Crippen molar-refractivity contribution in [3.63, 3.8) is 0 Å². The Balaban J connectivity index is 1.83. The Bertz CT molecular complexity index is 850. The first kappa shape index (κ1) is 19.3. The number of hydrogen-bond acceptors (Lipinski definition) is 5. The van der Waals surface area contributed by atoms with Crippen molar-refractivity contribution >= 4 is 44.8 Å². The SMILES string of the molecule is O=C(Nc1ccc(Cl)c(S(=O)(=O)[C@H]2CCOC2)c1O)N[C@H]1CCC=C1Cl. The lowest BCUT2D eigenvalue weighted by molar-refractivity contribution is 0.198. The van der Waals surface area contributed by atoms with Crippen molar-refractivity contribution in [2.45, 2.75) is 35.4 Å². The predicted octanol–water partition coefficient (Wildman–Crippen LogP) is 3.01. The van der Waals surface area contributed by atoms with Crippen molar-refractivity contribution in [2.75, 3.05) is 18.5 Å². The van der Waals surface area contributed by atoms with E-state index in [9.17, 15) is 18.3 Å². The summed E-state index contributed by atoms with van der Waals surface area (Å²) < 4.78 is 30.6. The molecule has 2 aliphatic rings. The van der Waals surface area contributed by atoms with E-state index in [0.29, 0.717) is 24.5 Å². The van der Waals surface area contributed by atoms with Gasteiger partial charge in [-0.3, -0.25) is 0 Å². The van der Waals surface area contributed by atoms with Gasteiger partial charge in [-0.2, -0.15) is 0 Å². The first-order valence-electron chi connectivity index (χ1n) is 8.07. The Labute approximate surface area is 161 Å². The number of amides is 2. The normalized spacial score (nSPS) is 22.9. The molecule has 1 aromatic carbocycles. The fourth-order valence-corrected chi connectivity index (χ4v) is 5.45. The van der Waals surface area contributed by atoms with Gasteiger partial charge in [-0.1, -0.05) is 29.3 Å². The topological polar surface area (TPSA) is 105 Å². The van der Waals surface area contributed by atoms with Gasteiger partial charge >= 0.3 is 6.03 Å². The predicted molar refractivity (Wildman–Crippen MR) is 98.6 cm³/mol. The maximum atomic E-state index is 12.8. The number of benzene rings is 1. The average molecular weight is 421 g/mol. The Morgan fingerprint density at radius 3 is 2.65 bits per heavy atom. The zero-order valence-corrected chi connectivity index (χ0v) is 16.0. The molecule has 2 amide bonds. The molecule has 1 aromatic rings. The second-order valence-corrected chi connectivity index (χ2v) is 9.13. The number of ether oxygens (including phenoxy) is 1. The van der Waals surface area contributed by atoms with Crippen LogP contribution in [0.5, 0.6) is 5.75 Å². The first-order chi connectivity index (χ1) is 12.3. The first-order valence-corrected chi connectivity index (χ1v) is 10.4. The molecule has 3 rings (SSSR count). The quantitative estimate of drug-likeness (QED) is 0.649. The Kier molecular flexibility index (Phi) is 5.67. The summed E-state index contributed by atoms with van der Waals surface area (Å²) in [5.74, 6) is -0.590. The van der Waals surface area contributed by atoms with E-state index >= 15 is 0 Å². The highest BCUT2D eigenvalue weighted by Gasteiger charge is 2.35. The van der Waals surface area contributed by atoms with E-state index in [1.165, 1.54) is 12.1 Å². The van der Waals surface area contributed by atoms with Crippen molar-refractivity contribution in [2.24, 2.45) is 0 Å². The van der Waals surface area contributed by atoms with Crippen molar-refractivity contribution in [1.29, 1.82) is 0 Å². The monoisotopic (exact) mass is 420 g/mol. The number of anilines is 1. The van der Waals surface area contributed by atoms with Crippen LogP contribution < -0.4 is 10.6 Å². The molecule has 0 aromatic heterocycles. The molecule has 0 saturated carbocycles. The van der Waals surface area contributed by atoms with E-state index in [1.807, 2.05) is 6.08 Å². The van der Waals surface area contributed by atoms with Crippen LogP contribution in [-0.4, -0.2) is 44.1 Å². The van der Waals surface area contributed by atoms with Crippen LogP contribution in [0.1, 0.15) is 19.3 Å². The van der Waals surface area contributed by atoms with E-state index in [2.05, 4.69) is 10.6 Å². The van der Waals surface area contributed by atoms with E-state index in [4.69, 9.17) is 27.9 Å². The van der Waals surface area contributed by atoms with Crippen LogP contribution in [0.4, 0.5) is 10.5 Å². The van der Waals surface area contributed by atoms with Gasteiger partial charge in [0.05, 0.1) is 28.6 Å². The number of sulfone groups is 1. The van der Waals surface area contributed by atoms with Gasteiger partial charge in [0, 0.05) is 11.6 Å². The zero-order valence-electron chi connectivity index (χ0n) is 13.7. The van der Waals surface area contributed by atoms with Crippen molar-refractivity contribution in [3.8, 4) is 5.75 Å². The number of halogens is 2. The lowest BCUT2D eigenvalue weighted by atomic mass is 10.2. The van der Waals surface area contributed by atoms with Crippen LogP contribution in [0.2, 0.25) is 5.02 Å². The van der Waals surface area contributed by atoms with Gasteiger partial charge in [-0.05, 0) is 31.4 Å². The molecule has 142 valence electrons. The summed E-state index contributed by atoms with van der Waals surface area (Å²) in [6.07, 6.45) is 3.59. The van der Waals surface area contributed by atoms with Crippen LogP contribution in [0.15, 0.2) is 28.1 Å². The van der Waals surface area contributed by atoms with Crippen molar-refractivity contribution < 1.29 is 23.1 Å². The number of phenolic OH excluding ortho intramolecular Hbond substituents is 1. The fourth-order valence-electron chi connectivity index (χ4n) is 2.97. The van der Waals surface area contributed by atoms with E-state index in [0.717, 1.165) is 6.42 Å². The van der Waals surface area contributed by atoms with Crippen LogP contribution in [-0.2, 0) is 14.6 Å². The van der Waals surface area contributed by atoms with Gasteiger partial charge in [0.2, 0.25) is 0 Å². The summed E-state index contributed by atoms with van der Waals surface area (Å²) >= 11 is 12.0. The minimum atomic E-state index is -3.90. The van der Waals surface area contributed by atoms with Crippen molar-refractivity contribution in [3.05, 3.63) is 28.3 Å². The summed E-state index contributed by atoms with van der Waals surface area (Å²) in [6.45, 7) is 0.376. The fraction of sp³-hybridized carbons (Fsp3) is 0.438. The lowest BCUT2D eigenvalue weighted by Gasteiger charge is -2.17. The van der Waals surface area contributed by atoms with Gasteiger partial charge < -0.3 is 20.5 Å². The van der Waals surface area contributed by atoms with Gasteiger partial charge in [0.25, 0.3) is 0 Å². The van der Waals surface area contributed by atoms with E-state index in [-0.39, 0.29) is 23.4 Å². The third-order valence-corrected chi connectivity index (χ3v) is 7.45. The zero-order chi connectivity index (χ0) is 18.9. The third kappa shape index (κ3) is 3.78. The number of carbonyl (C=O) groups is 1. The number of urea groups is 1. The van der Waals surface area contributed by atoms with Gasteiger partial charge in [0.1, 0.15) is 4.90 Å². The molecule has 26 heavy (non-hydrogen) atoms. The second kappa shape index (κ2) is 7.64. The van der Waals surface area contributed by atoms with Crippen LogP contribution in [0, 0.1) is 0 Å². The second-order valence-electron chi connectivity index (χ2n) is 6.12. The van der Waals surface area contributed by atoms with Gasteiger partial charge in [-0.25, -0.2) is 13.2 Å². The molecular weight excluding hydrogens is 403 g/mol. The number of aromatic hydroxyl groups is 1. The number of rotatable bonds is 4. The van der Waals surface area contributed by atoms with Gasteiger partial charge in [-0.15, -0.1) is 0 Å². The maximum absolute atomic E-state index is 12.8. The van der Waals surface area contributed by atoms with Crippen LogP contribution in [0.25, 0.3) is 0 Å². The summed E-state index contributed by atoms with van der Waals surface area (Å²) in [5.41, 5.74) is -0.0533. The molecule has 0 spiro atoms. The molecule has 0 unspecified atom stereocenters. The molecule has 3 N–H and O–H groups in total. The Morgan fingerprint density at radius 2 is 2.04 bits per heavy atom. The van der Waals surface area contributed by atoms with E-state index < -0.39 is 31.8 Å². The minimum absolute atomic E-state index is 0.0444. The maximum Gasteiger partial charge on any atom is 0.319 e. The molecule has 0 bridgehead atoms. The van der Waals surface area contributed by atoms with Crippen LogP contribution in [0.3, 0.4) is 0 Å². The highest BCUT2D eigenvalue weighted by molar-refractivity contribution is 7.92. The number of phenols is 1. The molecular formula is C16H18Cl2N2O5S. The molecule has 1 fully saturated rings. The summed E-state index contributed by atoms with van der Waals surface area (Å²) in [6, 6.07) is 1.76.